The summed E-state index contributed by atoms with van der Waals surface area (Å²) in [5.74, 6) is -0.223. The average Bonchev–Trinajstić information content (AvgIpc) is 3.19. The van der Waals surface area contributed by atoms with Crippen molar-refractivity contribution in [2.75, 3.05) is 40.9 Å². The van der Waals surface area contributed by atoms with Crippen molar-refractivity contribution >= 4 is 13.7 Å². The Morgan fingerprint density at radius 2 is 0.949 bits per heavy atom. The van der Waals surface area contributed by atoms with Crippen LogP contribution >= 0.6 is 7.82 Å². The van der Waals surface area contributed by atoms with Gasteiger partial charge in [-0.1, -0.05) is 198 Å². The van der Waals surface area contributed by atoms with Gasteiger partial charge < -0.3 is 28.8 Å². The molecule has 1 amide bonds. The summed E-state index contributed by atoms with van der Waals surface area (Å²) in [4.78, 5) is 25.3. The van der Waals surface area contributed by atoms with Crippen molar-refractivity contribution in [3.05, 3.63) is 36.5 Å². The van der Waals surface area contributed by atoms with Crippen molar-refractivity contribution in [1.29, 1.82) is 0 Å². The third kappa shape index (κ3) is 44.6. The molecule has 0 aliphatic heterocycles. The minimum atomic E-state index is -4.60. The minimum absolute atomic E-state index is 0.00888. The molecule has 3 atom stereocenters. The number of unbranched alkanes of at least 4 members (excludes halogenated alkanes) is 28. The quantitative estimate of drug-likeness (QED) is 0.0273. The van der Waals surface area contributed by atoms with Gasteiger partial charge in [0.2, 0.25) is 5.91 Å². The van der Waals surface area contributed by atoms with Crippen LogP contribution < -0.4 is 10.2 Å². The Morgan fingerprint density at radius 3 is 1.37 bits per heavy atom. The maximum Gasteiger partial charge on any atom is 0.268 e. The van der Waals surface area contributed by atoms with Gasteiger partial charge in [-0.2, -0.15) is 0 Å². The summed E-state index contributed by atoms with van der Waals surface area (Å²) in [5.41, 5.74) is 0. The zero-order valence-electron chi connectivity index (χ0n) is 39.5. The topological polar surface area (TPSA) is 108 Å². The number of nitrogens with zero attached hydrogens (tertiary/aromatic N) is 1. The first-order valence-electron chi connectivity index (χ1n) is 24.9. The summed E-state index contributed by atoms with van der Waals surface area (Å²) in [5, 5.41) is 13.8. The molecule has 0 spiro atoms. The second kappa shape index (κ2) is 42.0. The van der Waals surface area contributed by atoms with Crippen molar-refractivity contribution in [2.24, 2.45) is 0 Å². The van der Waals surface area contributed by atoms with Gasteiger partial charge >= 0.3 is 0 Å². The maximum atomic E-state index is 12.8. The molecular formula is C50H97N2O6P. The molecule has 0 aromatic heterocycles. The van der Waals surface area contributed by atoms with Crippen LogP contribution in [-0.4, -0.2) is 68.5 Å². The summed E-state index contributed by atoms with van der Waals surface area (Å²) < 4.78 is 23.2. The minimum Gasteiger partial charge on any atom is -0.756 e. The van der Waals surface area contributed by atoms with Gasteiger partial charge in [-0.05, 0) is 57.8 Å². The standard InChI is InChI=1S/C50H97N2O6P/c1-6-8-10-12-14-16-18-20-21-22-23-24-25-26-27-28-29-30-32-33-35-37-39-41-43-49(53)48(47-58-59(55,56)57-46-45-52(3,4)5)51-50(54)44-42-40-38-36-34-31-19-17-15-13-11-9-7-2/h31,33-35,41,43,48-49,53H,6-30,32,36-40,42,44-47H2,1-5H3,(H-,51,54,55,56)/b34-31-,35-33+,43-41+. The number of hydrogen-bond donors (Lipinski definition) is 2. The van der Waals surface area contributed by atoms with Crippen LogP contribution in [0.4, 0.5) is 0 Å². The number of rotatable bonds is 45. The fourth-order valence-electron chi connectivity index (χ4n) is 7.10. The molecule has 0 aromatic rings. The Morgan fingerprint density at radius 1 is 0.576 bits per heavy atom. The van der Waals surface area contributed by atoms with Crippen molar-refractivity contribution in [1.82, 2.24) is 5.32 Å². The van der Waals surface area contributed by atoms with E-state index in [0.717, 1.165) is 51.4 Å². The molecule has 0 fully saturated rings. The second-order valence-corrected chi connectivity index (χ2v) is 19.6. The van der Waals surface area contributed by atoms with E-state index in [1.165, 1.54) is 154 Å². The number of nitrogens with one attached hydrogen (secondary N) is 1. The van der Waals surface area contributed by atoms with Crippen LogP contribution in [0.15, 0.2) is 36.5 Å². The lowest BCUT2D eigenvalue weighted by Crippen LogP contribution is -2.45. The van der Waals surface area contributed by atoms with Gasteiger partial charge in [-0.3, -0.25) is 9.36 Å². The smallest absolute Gasteiger partial charge is 0.268 e. The van der Waals surface area contributed by atoms with Gasteiger partial charge in [0.1, 0.15) is 13.2 Å². The molecule has 9 heteroatoms. The Bertz CT molecular complexity index is 1060. The molecule has 0 rings (SSSR count). The maximum absolute atomic E-state index is 12.8. The van der Waals surface area contributed by atoms with Crippen LogP contribution in [-0.2, 0) is 18.4 Å². The van der Waals surface area contributed by atoms with Crippen molar-refractivity contribution < 1.29 is 32.9 Å². The monoisotopic (exact) mass is 853 g/mol. The molecule has 0 heterocycles. The zero-order valence-corrected chi connectivity index (χ0v) is 40.4. The molecule has 0 bridgehead atoms. The lowest BCUT2D eigenvalue weighted by Gasteiger charge is -2.29. The highest BCUT2D eigenvalue weighted by atomic mass is 31.2. The molecule has 2 N–H and O–H groups in total. The van der Waals surface area contributed by atoms with Crippen molar-refractivity contribution in [3.63, 3.8) is 0 Å². The van der Waals surface area contributed by atoms with Crippen LogP contribution in [0.25, 0.3) is 0 Å². The van der Waals surface area contributed by atoms with Gasteiger partial charge in [0.25, 0.3) is 7.82 Å². The summed E-state index contributed by atoms with van der Waals surface area (Å²) >= 11 is 0. The third-order valence-corrected chi connectivity index (χ3v) is 12.0. The van der Waals surface area contributed by atoms with Crippen molar-refractivity contribution in [2.45, 2.75) is 238 Å². The first-order valence-corrected chi connectivity index (χ1v) is 26.3. The van der Waals surface area contributed by atoms with Crippen LogP contribution in [0, 0.1) is 0 Å². The number of phosphoric ester groups is 1. The number of likely N-dealkylation sites (N-methyl/N-ethyl adjacent to an activating group) is 1. The Hall–Kier alpha value is -1.28. The zero-order chi connectivity index (χ0) is 43.6. The molecule has 8 nitrogen and oxygen atoms in total. The van der Waals surface area contributed by atoms with Gasteiger partial charge in [0.05, 0.1) is 39.9 Å². The van der Waals surface area contributed by atoms with E-state index >= 15 is 0 Å². The Kier molecular flexibility index (Phi) is 41.1. The van der Waals surface area contributed by atoms with Crippen LogP contribution in [0.2, 0.25) is 0 Å². The van der Waals surface area contributed by atoms with E-state index in [0.29, 0.717) is 17.4 Å². The van der Waals surface area contributed by atoms with Gasteiger partial charge in [-0.15, -0.1) is 0 Å². The molecule has 0 saturated heterocycles. The molecule has 348 valence electrons. The number of aliphatic hydroxyl groups excluding tert-OH is 1. The molecule has 0 radical (unpaired) electrons. The van der Waals surface area contributed by atoms with Gasteiger partial charge in [0, 0.05) is 6.42 Å². The van der Waals surface area contributed by atoms with E-state index in [2.05, 4.69) is 43.5 Å². The molecule has 0 aliphatic rings. The largest absolute Gasteiger partial charge is 0.756 e. The highest BCUT2D eigenvalue weighted by Crippen LogP contribution is 2.38. The number of aliphatic hydroxyl groups is 1. The summed E-state index contributed by atoms with van der Waals surface area (Å²) in [6.45, 7) is 4.61. The van der Waals surface area contributed by atoms with Gasteiger partial charge in [0.15, 0.2) is 0 Å². The number of amides is 1. The fourth-order valence-corrected chi connectivity index (χ4v) is 7.83. The number of quaternary nitrogens is 1. The van der Waals surface area contributed by atoms with E-state index in [9.17, 15) is 19.4 Å². The van der Waals surface area contributed by atoms with Crippen LogP contribution in [0.5, 0.6) is 0 Å². The lowest BCUT2D eigenvalue weighted by molar-refractivity contribution is -0.870. The SMILES string of the molecule is CCCCCCCC/C=C\CCCCCC(=O)NC(COP(=O)([O-])OCC[N+](C)(C)C)C(O)/C=C/CC/C=C/CCCCCCCCCCCCCCCCCCCC. The first-order chi connectivity index (χ1) is 28.5. The van der Waals surface area contributed by atoms with E-state index in [1.807, 2.05) is 27.2 Å². The van der Waals surface area contributed by atoms with E-state index < -0.39 is 26.6 Å². The van der Waals surface area contributed by atoms with Crippen LogP contribution in [0.1, 0.15) is 226 Å². The molecular weight excluding hydrogens is 756 g/mol. The van der Waals surface area contributed by atoms with Crippen LogP contribution in [0.3, 0.4) is 0 Å². The highest BCUT2D eigenvalue weighted by molar-refractivity contribution is 7.45. The van der Waals surface area contributed by atoms with Gasteiger partial charge in [-0.25, -0.2) is 0 Å². The lowest BCUT2D eigenvalue weighted by atomic mass is 10.0. The Labute approximate surface area is 366 Å². The summed E-state index contributed by atoms with van der Waals surface area (Å²) in [6, 6.07) is -0.909. The average molecular weight is 853 g/mol. The van der Waals surface area contributed by atoms with E-state index in [-0.39, 0.29) is 12.5 Å². The summed E-state index contributed by atoms with van der Waals surface area (Å²) in [7, 11) is 1.24. The summed E-state index contributed by atoms with van der Waals surface area (Å²) in [6.07, 6.45) is 52.1. The number of carbonyl (C=O) groups excluding carboxylic acids is 1. The van der Waals surface area contributed by atoms with Crippen molar-refractivity contribution in [3.8, 4) is 0 Å². The molecule has 0 aliphatic carbocycles. The van der Waals surface area contributed by atoms with E-state index in [1.54, 1.807) is 6.08 Å². The predicted octanol–water partition coefficient (Wildman–Crippen LogP) is 13.6. The number of phosphoric acid groups is 1. The molecule has 59 heavy (non-hydrogen) atoms. The normalized spacial score (nSPS) is 14.5. The molecule has 0 aromatic carbocycles. The fraction of sp³-hybridized carbons (Fsp3) is 0.860. The van der Waals surface area contributed by atoms with E-state index in [4.69, 9.17) is 9.05 Å². The molecule has 3 unspecified atom stereocenters. The third-order valence-electron chi connectivity index (χ3n) is 11.1. The highest BCUT2D eigenvalue weighted by Gasteiger charge is 2.23. The molecule has 0 saturated carbocycles. The Balaban J connectivity index is 4.33. The first kappa shape index (κ1) is 57.7. The number of hydrogen-bond acceptors (Lipinski definition) is 6. The number of allylic oxidation sites excluding steroid dienone is 5. The second-order valence-electron chi connectivity index (χ2n) is 18.2. The predicted molar refractivity (Wildman–Crippen MR) is 251 cm³/mol. The number of carbonyl (C=O) groups is 1.